The Morgan fingerprint density at radius 1 is 0.900 bits per heavy atom. The fourth-order valence-corrected chi connectivity index (χ4v) is 3.68. The minimum atomic E-state index is 0.152. The summed E-state index contributed by atoms with van der Waals surface area (Å²) in [5.41, 5.74) is 8.68. The van der Waals surface area contributed by atoms with E-state index in [0.717, 1.165) is 18.7 Å². The van der Waals surface area contributed by atoms with Crippen molar-refractivity contribution in [2.45, 2.75) is 82.6 Å². The van der Waals surface area contributed by atoms with Crippen LogP contribution in [-0.4, -0.2) is 9.97 Å². The summed E-state index contributed by atoms with van der Waals surface area (Å²) >= 11 is 0. The van der Waals surface area contributed by atoms with Crippen LogP contribution in [0.4, 0.5) is 0 Å². The summed E-state index contributed by atoms with van der Waals surface area (Å²) in [5, 5.41) is 0. The van der Waals surface area contributed by atoms with E-state index in [1.807, 2.05) is 6.20 Å². The van der Waals surface area contributed by atoms with Gasteiger partial charge in [0.05, 0.1) is 0 Å². The van der Waals surface area contributed by atoms with Gasteiger partial charge in [-0.25, -0.2) is 9.97 Å². The van der Waals surface area contributed by atoms with Gasteiger partial charge in [0.25, 0.3) is 0 Å². The Kier molecular flexibility index (Phi) is 4.66. The average Bonchev–Trinajstić information content (AvgIpc) is 2.60. The molecule has 1 saturated carbocycles. The van der Waals surface area contributed by atoms with Crippen molar-refractivity contribution in [3.05, 3.63) is 23.3 Å². The lowest BCUT2D eigenvalue weighted by molar-refractivity contribution is 0.441. The molecule has 1 fully saturated rings. The second-order valence-corrected chi connectivity index (χ2v) is 6.52. The van der Waals surface area contributed by atoms with E-state index < -0.39 is 0 Å². The Balaban J connectivity index is 1.81. The molecule has 0 amide bonds. The number of aryl methyl sites for hydroxylation is 1. The monoisotopic (exact) mass is 273 g/mol. The summed E-state index contributed by atoms with van der Waals surface area (Å²) in [6, 6.07) is 0.152. The fourth-order valence-electron chi connectivity index (χ4n) is 3.68. The summed E-state index contributed by atoms with van der Waals surface area (Å²) in [6.07, 6.45) is 16.0. The Bertz CT molecular complexity index is 436. The van der Waals surface area contributed by atoms with E-state index in [9.17, 15) is 0 Å². The quantitative estimate of drug-likeness (QED) is 0.786. The molecule has 2 aliphatic carbocycles. The standard InChI is InChI=1S/C17H27N3/c18-15-10-6-7-11-16-14(15)12-19-17(20-16)13-8-4-2-1-3-5-9-13/h12-13,15H,1-11,18H2. The lowest BCUT2D eigenvalue weighted by atomic mass is 9.90. The van der Waals surface area contributed by atoms with Crippen LogP contribution in [0.1, 0.15) is 93.2 Å². The molecule has 0 bridgehead atoms. The second kappa shape index (κ2) is 6.66. The van der Waals surface area contributed by atoms with E-state index in [2.05, 4.69) is 4.98 Å². The lowest BCUT2D eigenvalue weighted by Crippen LogP contribution is -2.15. The molecule has 1 atom stereocenters. The Labute approximate surface area is 122 Å². The van der Waals surface area contributed by atoms with Crippen LogP contribution in [0.5, 0.6) is 0 Å². The van der Waals surface area contributed by atoms with Crippen molar-refractivity contribution in [3.8, 4) is 0 Å². The molecule has 2 N–H and O–H groups in total. The van der Waals surface area contributed by atoms with Crippen molar-refractivity contribution < 1.29 is 0 Å². The predicted octanol–water partition coefficient (Wildman–Crippen LogP) is 4.03. The van der Waals surface area contributed by atoms with E-state index in [1.165, 1.54) is 69.0 Å². The normalized spacial score (nSPS) is 25.4. The van der Waals surface area contributed by atoms with Gasteiger partial charge in [-0.05, 0) is 32.1 Å². The molecule has 3 rings (SSSR count). The maximum atomic E-state index is 6.24. The molecule has 20 heavy (non-hydrogen) atoms. The zero-order chi connectivity index (χ0) is 13.8. The van der Waals surface area contributed by atoms with Gasteiger partial charge in [0.2, 0.25) is 0 Å². The third-order valence-electron chi connectivity index (χ3n) is 4.97. The van der Waals surface area contributed by atoms with Crippen LogP contribution in [-0.2, 0) is 6.42 Å². The maximum absolute atomic E-state index is 6.24. The van der Waals surface area contributed by atoms with Crippen LogP contribution in [0.3, 0.4) is 0 Å². The first-order valence-corrected chi connectivity index (χ1v) is 8.46. The number of fused-ring (bicyclic) bond motifs is 1. The first kappa shape index (κ1) is 14.0. The SMILES string of the molecule is NC1CCCCc2nc(C3CCCCCCC3)ncc21. The minimum Gasteiger partial charge on any atom is -0.324 e. The Morgan fingerprint density at radius 3 is 2.40 bits per heavy atom. The molecule has 0 aliphatic heterocycles. The molecular weight excluding hydrogens is 246 g/mol. The van der Waals surface area contributed by atoms with Crippen molar-refractivity contribution in [2.24, 2.45) is 5.73 Å². The van der Waals surface area contributed by atoms with Gasteiger partial charge < -0.3 is 5.73 Å². The first-order valence-electron chi connectivity index (χ1n) is 8.46. The van der Waals surface area contributed by atoms with Crippen molar-refractivity contribution in [3.63, 3.8) is 0 Å². The van der Waals surface area contributed by atoms with Gasteiger partial charge in [-0.3, -0.25) is 0 Å². The van der Waals surface area contributed by atoms with E-state index in [-0.39, 0.29) is 6.04 Å². The van der Waals surface area contributed by atoms with Gasteiger partial charge in [0.1, 0.15) is 5.82 Å². The number of hydrogen-bond acceptors (Lipinski definition) is 3. The van der Waals surface area contributed by atoms with E-state index in [1.54, 1.807) is 0 Å². The lowest BCUT2D eigenvalue weighted by Gasteiger charge is -2.20. The zero-order valence-corrected chi connectivity index (χ0v) is 12.5. The van der Waals surface area contributed by atoms with Crippen molar-refractivity contribution in [2.75, 3.05) is 0 Å². The highest BCUT2D eigenvalue weighted by atomic mass is 14.9. The predicted molar refractivity (Wildman–Crippen MR) is 81.6 cm³/mol. The van der Waals surface area contributed by atoms with Gasteiger partial charge in [-0.2, -0.15) is 0 Å². The van der Waals surface area contributed by atoms with Crippen LogP contribution in [0, 0.1) is 0 Å². The Hall–Kier alpha value is -0.960. The van der Waals surface area contributed by atoms with Gasteiger partial charge in [0.15, 0.2) is 0 Å². The maximum Gasteiger partial charge on any atom is 0.131 e. The van der Waals surface area contributed by atoms with Crippen molar-refractivity contribution >= 4 is 0 Å². The second-order valence-electron chi connectivity index (χ2n) is 6.52. The molecule has 0 spiro atoms. The summed E-state index contributed by atoms with van der Waals surface area (Å²) in [7, 11) is 0. The van der Waals surface area contributed by atoms with Crippen molar-refractivity contribution in [1.29, 1.82) is 0 Å². The fraction of sp³-hybridized carbons (Fsp3) is 0.765. The largest absolute Gasteiger partial charge is 0.324 e. The molecule has 110 valence electrons. The smallest absolute Gasteiger partial charge is 0.131 e. The third-order valence-corrected chi connectivity index (χ3v) is 4.97. The summed E-state index contributed by atoms with van der Waals surface area (Å²) in [5.74, 6) is 1.68. The van der Waals surface area contributed by atoms with Crippen LogP contribution in [0.15, 0.2) is 6.20 Å². The molecule has 1 unspecified atom stereocenters. The summed E-state index contributed by atoms with van der Waals surface area (Å²) < 4.78 is 0. The minimum absolute atomic E-state index is 0.152. The van der Waals surface area contributed by atoms with Crippen LogP contribution >= 0.6 is 0 Å². The molecule has 3 nitrogen and oxygen atoms in total. The van der Waals surface area contributed by atoms with Crippen LogP contribution in [0.2, 0.25) is 0 Å². The Morgan fingerprint density at radius 2 is 1.60 bits per heavy atom. The van der Waals surface area contributed by atoms with Gasteiger partial charge in [-0.1, -0.05) is 38.5 Å². The number of nitrogens with zero attached hydrogens (tertiary/aromatic N) is 2. The number of nitrogens with two attached hydrogens (primary N) is 1. The van der Waals surface area contributed by atoms with Crippen LogP contribution < -0.4 is 5.73 Å². The molecule has 1 heterocycles. The van der Waals surface area contributed by atoms with E-state index >= 15 is 0 Å². The highest BCUT2D eigenvalue weighted by molar-refractivity contribution is 5.23. The molecule has 0 aromatic carbocycles. The zero-order valence-electron chi connectivity index (χ0n) is 12.5. The van der Waals surface area contributed by atoms with E-state index in [4.69, 9.17) is 10.7 Å². The molecule has 3 heteroatoms. The molecule has 2 aliphatic rings. The van der Waals surface area contributed by atoms with Gasteiger partial charge in [0, 0.05) is 29.4 Å². The number of rotatable bonds is 1. The summed E-state index contributed by atoms with van der Waals surface area (Å²) in [4.78, 5) is 9.62. The topological polar surface area (TPSA) is 51.8 Å². The third kappa shape index (κ3) is 3.20. The number of hydrogen-bond donors (Lipinski definition) is 1. The van der Waals surface area contributed by atoms with Crippen molar-refractivity contribution in [1.82, 2.24) is 9.97 Å². The summed E-state index contributed by atoms with van der Waals surface area (Å²) in [6.45, 7) is 0. The number of aromatic nitrogens is 2. The van der Waals surface area contributed by atoms with E-state index in [0.29, 0.717) is 5.92 Å². The molecule has 1 aromatic rings. The van der Waals surface area contributed by atoms with Crippen LogP contribution in [0.25, 0.3) is 0 Å². The highest BCUT2D eigenvalue weighted by Crippen LogP contribution is 2.31. The molecule has 1 aromatic heterocycles. The molecule has 0 saturated heterocycles. The molecule has 0 radical (unpaired) electrons. The first-order chi connectivity index (χ1) is 9.84. The van der Waals surface area contributed by atoms with Gasteiger partial charge in [-0.15, -0.1) is 0 Å². The van der Waals surface area contributed by atoms with Gasteiger partial charge >= 0.3 is 0 Å². The average molecular weight is 273 g/mol. The molecular formula is C17H27N3. The highest BCUT2D eigenvalue weighted by Gasteiger charge is 2.21.